The first-order valence-corrected chi connectivity index (χ1v) is 6.78. The number of hydrogen-bond donors (Lipinski definition) is 3. The summed E-state index contributed by atoms with van der Waals surface area (Å²) in [5, 5.41) is 13.8. The first kappa shape index (κ1) is 14.8. The van der Waals surface area contributed by atoms with Crippen LogP contribution in [0.1, 0.15) is 0 Å². The summed E-state index contributed by atoms with van der Waals surface area (Å²) in [4.78, 5) is 34.6. The van der Waals surface area contributed by atoms with Gasteiger partial charge in [0.15, 0.2) is 0 Å². The van der Waals surface area contributed by atoms with Crippen molar-refractivity contribution in [3.8, 4) is 0 Å². The highest BCUT2D eigenvalue weighted by Gasteiger charge is 2.15. The van der Waals surface area contributed by atoms with Crippen molar-refractivity contribution >= 4 is 29.5 Å². The van der Waals surface area contributed by atoms with E-state index in [1.807, 2.05) is 4.90 Å². The van der Waals surface area contributed by atoms with Gasteiger partial charge in [-0.1, -0.05) is 0 Å². The van der Waals surface area contributed by atoms with E-state index in [1.165, 1.54) is 0 Å². The minimum atomic E-state index is -0.924. The molecule has 0 atom stereocenters. The van der Waals surface area contributed by atoms with E-state index in [2.05, 4.69) is 10.6 Å². The maximum Gasteiger partial charge on any atom is 0.313 e. The van der Waals surface area contributed by atoms with Gasteiger partial charge in [0.25, 0.3) is 0 Å². The Labute approximate surface area is 109 Å². The summed E-state index contributed by atoms with van der Waals surface area (Å²) in [6, 6.07) is 0. The smallest absolute Gasteiger partial charge is 0.313 e. The molecule has 2 amide bonds. The number of carbonyl (C=O) groups is 3. The number of piperazine rings is 1. The molecule has 0 aromatic heterocycles. The number of carbonyl (C=O) groups excluding carboxylic acids is 2. The lowest BCUT2D eigenvalue weighted by molar-refractivity contribution is -0.134. The van der Waals surface area contributed by atoms with Crippen LogP contribution in [0.5, 0.6) is 0 Å². The topological polar surface area (TPSA) is 98.7 Å². The average molecular weight is 275 g/mol. The van der Waals surface area contributed by atoms with Crippen LogP contribution in [0.4, 0.5) is 0 Å². The molecule has 0 aliphatic carbocycles. The van der Waals surface area contributed by atoms with E-state index in [1.54, 1.807) is 0 Å². The molecule has 0 bridgehead atoms. The van der Waals surface area contributed by atoms with Crippen molar-refractivity contribution in [3.63, 3.8) is 0 Å². The molecule has 3 N–H and O–H groups in total. The molecule has 102 valence electrons. The zero-order valence-electron chi connectivity index (χ0n) is 9.98. The van der Waals surface area contributed by atoms with Crippen molar-refractivity contribution in [2.75, 3.05) is 44.2 Å². The second-order valence-electron chi connectivity index (χ2n) is 3.86. The van der Waals surface area contributed by atoms with E-state index in [4.69, 9.17) is 5.11 Å². The second kappa shape index (κ2) is 7.93. The number of rotatable bonds is 7. The number of nitrogens with one attached hydrogen (secondary N) is 2. The van der Waals surface area contributed by atoms with Crippen molar-refractivity contribution in [3.05, 3.63) is 0 Å². The van der Waals surface area contributed by atoms with Gasteiger partial charge in [-0.3, -0.25) is 19.3 Å². The minimum Gasteiger partial charge on any atom is -0.481 e. The van der Waals surface area contributed by atoms with Gasteiger partial charge >= 0.3 is 5.97 Å². The van der Waals surface area contributed by atoms with E-state index >= 15 is 0 Å². The maximum absolute atomic E-state index is 11.3. The Morgan fingerprint density at radius 2 is 2.22 bits per heavy atom. The standard InChI is InChI=1S/C10H17N3O4S/c14-8-5-13(3-1-11-8)4-2-12-9(15)6-18-7-10(16)17/h1-7H2,(H,11,14)(H,12,15)(H,16,17). The molecule has 1 rings (SSSR count). The third-order valence-corrected chi connectivity index (χ3v) is 3.24. The molecular formula is C10H17N3O4S. The molecule has 0 spiro atoms. The van der Waals surface area contributed by atoms with Crippen LogP contribution in [0.3, 0.4) is 0 Å². The van der Waals surface area contributed by atoms with E-state index in [0.29, 0.717) is 26.2 Å². The summed E-state index contributed by atoms with van der Waals surface area (Å²) in [6.45, 7) is 2.89. The van der Waals surface area contributed by atoms with Crippen LogP contribution in [-0.2, 0) is 14.4 Å². The van der Waals surface area contributed by atoms with Crippen LogP contribution in [-0.4, -0.2) is 72.0 Å². The molecule has 1 fully saturated rings. The molecule has 0 radical (unpaired) electrons. The van der Waals surface area contributed by atoms with Gasteiger partial charge in [-0.25, -0.2) is 0 Å². The molecule has 0 unspecified atom stereocenters. The first-order chi connectivity index (χ1) is 8.58. The highest BCUT2D eigenvalue weighted by molar-refractivity contribution is 8.00. The Hall–Kier alpha value is -1.28. The maximum atomic E-state index is 11.3. The van der Waals surface area contributed by atoms with Gasteiger partial charge in [0.2, 0.25) is 11.8 Å². The van der Waals surface area contributed by atoms with Gasteiger partial charge in [-0.2, -0.15) is 0 Å². The summed E-state index contributed by atoms with van der Waals surface area (Å²) in [5.74, 6) is -1.02. The summed E-state index contributed by atoms with van der Waals surface area (Å²) in [5.41, 5.74) is 0. The lowest BCUT2D eigenvalue weighted by Crippen LogP contribution is -2.49. The lowest BCUT2D eigenvalue weighted by atomic mass is 10.3. The predicted molar refractivity (Wildman–Crippen MR) is 67.4 cm³/mol. The Bertz CT molecular complexity index is 324. The molecule has 0 saturated carbocycles. The van der Waals surface area contributed by atoms with E-state index < -0.39 is 5.97 Å². The molecule has 0 aromatic rings. The Kier molecular flexibility index (Phi) is 6.51. The largest absolute Gasteiger partial charge is 0.481 e. The van der Waals surface area contributed by atoms with Gasteiger partial charge in [0, 0.05) is 26.2 Å². The van der Waals surface area contributed by atoms with Gasteiger partial charge in [0.05, 0.1) is 18.1 Å². The third-order valence-electron chi connectivity index (χ3n) is 2.33. The number of amides is 2. The fraction of sp³-hybridized carbons (Fsp3) is 0.700. The van der Waals surface area contributed by atoms with Crippen LogP contribution < -0.4 is 10.6 Å². The summed E-state index contributed by atoms with van der Waals surface area (Å²) >= 11 is 1.07. The highest BCUT2D eigenvalue weighted by Crippen LogP contribution is 1.98. The SMILES string of the molecule is O=C(O)CSCC(=O)NCCN1CCNC(=O)C1. The van der Waals surface area contributed by atoms with Crippen molar-refractivity contribution in [1.29, 1.82) is 0 Å². The van der Waals surface area contributed by atoms with E-state index in [9.17, 15) is 14.4 Å². The molecule has 1 saturated heterocycles. The number of nitrogens with zero attached hydrogens (tertiary/aromatic N) is 1. The van der Waals surface area contributed by atoms with Gasteiger partial charge in [-0.05, 0) is 0 Å². The first-order valence-electron chi connectivity index (χ1n) is 5.63. The molecule has 1 aliphatic heterocycles. The zero-order valence-corrected chi connectivity index (χ0v) is 10.8. The summed E-state index contributed by atoms with van der Waals surface area (Å²) < 4.78 is 0. The fourth-order valence-electron chi connectivity index (χ4n) is 1.52. The highest BCUT2D eigenvalue weighted by atomic mass is 32.2. The van der Waals surface area contributed by atoms with Crippen molar-refractivity contribution in [2.45, 2.75) is 0 Å². The van der Waals surface area contributed by atoms with Crippen molar-refractivity contribution in [1.82, 2.24) is 15.5 Å². The summed E-state index contributed by atoms with van der Waals surface area (Å²) in [6.07, 6.45) is 0. The van der Waals surface area contributed by atoms with E-state index in [0.717, 1.165) is 18.3 Å². The molecule has 7 nitrogen and oxygen atoms in total. The van der Waals surface area contributed by atoms with Crippen LogP contribution in [0.15, 0.2) is 0 Å². The molecule has 1 aliphatic rings. The zero-order chi connectivity index (χ0) is 13.4. The van der Waals surface area contributed by atoms with Gasteiger partial charge < -0.3 is 15.7 Å². The van der Waals surface area contributed by atoms with Crippen LogP contribution in [0, 0.1) is 0 Å². The number of aliphatic carboxylic acids is 1. The lowest BCUT2D eigenvalue weighted by Gasteiger charge is -2.26. The number of hydrogen-bond acceptors (Lipinski definition) is 5. The molecule has 1 heterocycles. The molecule has 18 heavy (non-hydrogen) atoms. The third kappa shape index (κ3) is 6.45. The van der Waals surface area contributed by atoms with Gasteiger partial charge in [0.1, 0.15) is 0 Å². The minimum absolute atomic E-state index is 0.00425. The Balaban J connectivity index is 2.04. The van der Waals surface area contributed by atoms with Crippen molar-refractivity contribution in [2.24, 2.45) is 0 Å². The quantitative estimate of drug-likeness (QED) is 0.515. The molecular weight excluding hydrogens is 258 g/mol. The normalized spacial score (nSPS) is 16.1. The van der Waals surface area contributed by atoms with E-state index in [-0.39, 0.29) is 23.3 Å². The van der Waals surface area contributed by atoms with Crippen LogP contribution >= 0.6 is 11.8 Å². The summed E-state index contributed by atoms with van der Waals surface area (Å²) in [7, 11) is 0. The average Bonchev–Trinajstić information content (AvgIpc) is 2.28. The number of carboxylic acid groups (broad SMARTS) is 1. The second-order valence-corrected chi connectivity index (χ2v) is 4.85. The van der Waals surface area contributed by atoms with Crippen molar-refractivity contribution < 1.29 is 19.5 Å². The molecule has 8 heteroatoms. The number of thioether (sulfide) groups is 1. The Morgan fingerprint density at radius 3 is 2.89 bits per heavy atom. The van der Waals surface area contributed by atoms with Crippen LogP contribution in [0.25, 0.3) is 0 Å². The van der Waals surface area contributed by atoms with Gasteiger partial charge in [-0.15, -0.1) is 11.8 Å². The fourth-order valence-corrected chi connectivity index (χ4v) is 2.08. The predicted octanol–water partition coefficient (Wildman–Crippen LogP) is -1.65. The monoisotopic (exact) mass is 275 g/mol. The number of carboxylic acids is 1. The van der Waals surface area contributed by atoms with Crippen LogP contribution in [0.2, 0.25) is 0 Å². The Morgan fingerprint density at radius 1 is 1.44 bits per heavy atom. The molecule has 0 aromatic carbocycles.